The van der Waals surface area contributed by atoms with E-state index in [2.05, 4.69) is 84.9 Å². The van der Waals surface area contributed by atoms with E-state index in [1.54, 1.807) is 0 Å². The summed E-state index contributed by atoms with van der Waals surface area (Å²) in [6, 6.07) is 40.2. The zero-order chi connectivity index (χ0) is 22.6. The first-order valence-electron chi connectivity index (χ1n) is 11.4. The van der Waals surface area contributed by atoms with E-state index < -0.39 is 0 Å². The average molecular weight is 455 g/mol. The molecule has 0 spiro atoms. The van der Waals surface area contributed by atoms with Crippen LogP contribution in [0.1, 0.15) is 0 Å². The molecule has 1 aromatic heterocycles. The highest BCUT2D eigenvalue weighted by atomic mass is 35.5. The first kappa shape index (κ1) is 19.4. The molecule has 34 heavy (non-hydrogen) atoms. The SMILES string of the molecule is Clc1cccc(-c2ccc3ccc4ccccc4c3c2)c1-c1ccc2c(c1)oc1ccccc12. The van der Waals surface area contributed by atoms with Crippen molar-refractivity contribution in [1.82, 2.24) is 0 Å². The van der Waals surface area contributed by atoms with Gasteiger partial charge in [-0.05, 0) is 68.6 Å². The van der Waals surface area contributed by atoms with Crippen molar-refractivity contribution in [3.8, 4) is 22.3 Å². The van der Waals surface area contributed by atoms with Crippen LogP contribution in [0.25, 0.3) is 65.7 Å². The quantitative estimate of drug-likeness (QED) is 0.237. The second-order valence-corrected chi connectivity index (χ2v) is 9.10. The van der Waals surface area contributed by atoms with Crippen LogP contribution < -0.4 is 0 Å². The molecule has 0 saturated heterocycles. The molecule has 0 fully saturated rings. The van der Waals surface area contributed by atoms with Gasteiger partial charge < -0.3 is 4.42 Å². The van der Waals surface area contributed by atoms with E-state index in [1.807, 2.05) is 30.3 Å². The Morgan fingerprint density at radius 3 is 2.09 bits per heavy atom. The van der Waals surface area contributed by atoms with Crippen molar-refractivity contribution < 1.29 is 4.42 Å². The zero-order valence-electron chi connectivity index (χ0n) is 18.3. The topological polar surface area (TPSA) is 13.1 Å². The van der Waals surface area contributed by atoms with Crippen LogP contribution in [0.15, 0.2) is 120 Å². The van der Waals surface area contributed by atoms with Crippen molar-refractivity contribution in [3.05, 3.63) is 120 Å². The first-order chi connectivity index (χ1) is 16.8. The highest BCUT2D eigenvalue weighted by Crippen LogP contribution is 2.41. The highest BCUT2D eigenvalue weighted by molar-refractivity contribution is 6.34. The third-order valence-corrected chi connectivity index (χ3v) is 7.05. The molecule has 6 aromatic carbocycles. The number of hydrogen-bond donors (Lipinski definition) is 0. The fraction of sp³-hybridized carbons (Fsp3) is 0. The van der Waals surface area contributed by atoms with Crippen molar-refractivity contribution in [2.75, 3.05) is 0 Å². The second-order valence-electron chi connectivity index (χ2n) is 8.69. The molecule has 0 N–H and O–H groups in total. The number of para-hydroxylation sites is 1. The third kappa shape index (κ3) is 2.95. The molecule has 0 aliphatic carbocycles. The van der Waals surface area contributed by atoms with E-state index >= 15 is 0 Å². The van der Waals surface area contributed by atoms with Gasteiger partial charge in [-0.1, -0.05) is 96.5 Å². The summed E-state index contributed by atoms with van der Waals surface area (Å²) >= 11 is 6.83. The van der Waals surface area contributed by atoms with Crippen LogP contribution in [0.5, 0.6) is 0 Å². The van der Waals surface area contributed by atoms with Gasteiger partial charge in [0.1, 0.15) is 11.2 Å². The Hall–Kier alpha value is -4.07. The zero-order valence-corrected chi connectivity index (χ0v) is 19.0. The lowest BCUT2D eigenvalue weighted by atomic mass is 9.91. The van der Waals surface area contributed by atoms with Gasteiger partial charge in [-0.2, -0.15) is 0 Å². The normalized spacial score (nSPS) is 11.7. The molecule has 0 aliphatic heterocycles. The maximum absolute atomic E-state index is 6.83. The standard InChI is InChI=1S/C32H19ClO/c33-29-10-5-9-25(22-15-14-21-13-12-20-6-1-2-7-24(20)28(21)18-22)32(29)23-16-17-27-26-8-3-4-11-30(26)34-31(27)19-23/h1-19H. The molecular weight excluding hydrogens is 436 g/mol. The molecule has 0 atom stereocenters. The molecule has 160 valence electrons. The molecule has 0 radical (unpaired) electrons. The van der Waals surface area contributed by atoms with Gasteiger partial charge in [-0.15, -0.1) is 0 Å². The van der Waals surface area contributed by atoms with Gasteiger partial charge >= 0.3 is 0 Å². The predicted octanol–water partition coefficient (Wildman–Crippen LogP) is 9.88. The molecule has 0 saturated carbocycles. The Morgan fingerprint density at radius 2 is 1.18 bits per heavy atom. The number of fused-ring (bicyclic) bond motifs is 6. The maximum Gasteiger partial charge on any atom is 0.136 e. The van der Waals surface area contributed by atoms with Crippen molar-refractivity contribution in [2.45, 2.75) is 0 Å². The largest absolute Gasteiger partial charge is 0.456 e. The van der Waals surface area contributed by atoms with Gasteiger partial charge in [0.15, 0.2) is 0 Å². The van der Waals surface area contributed by atoms with E-state index in [-0.39, 0.29) is 0 Å². The molecule has 0 bridgehead atoms. The second kappa shape index (κ2) is 7.48. The van der Waals surface area contributed by atoms with E-state index in [0.717, 1.165) is 49.2 Å². The number of furan rings is 1. The van der Waals surface area contributed by atoms with Crippen molar-refractivity contribution in [2.24, 2.45) is 0 Å². The summed E-state index contributed by atoms with van der Waals surface area (Å²) in [4.78, 5) is 0. The lowest BCUT2D eigenvalue weighted by Gasteiger charge is -2.14. The van der Waals surface area contributed by atoms with Crippen LogP contribution in [0.4, 0.5) is 0 Å². The van der Waals surface area contributed by atoms with Crippen LogP contribution >= 0.6 is 11.6 Å². The summed E-state index contributed by atoms with van der Waals surface area (Å²) in [5.41, 5.74) is 6.09. The minimum Gasteiger partial charge on any atom is -0.456 e. The number of hydrogen-bond acceptors (Lipinski definition) is 1. The molecule has 0 aliphatic rings. The van der Waals surface area contributed by atoms with Gasteiger partial charge in [0.25, 0.3) is 0 Å². The molecule has 7 aromatic rings. The first-order valence-corrected chi connectivity index (χ1v) is 11.8. The monoisotopic (exact) mass is 454 g/mol. The summed E-state index contributed by atoms with van der Waals surface area (Å²) in [7, 11) is 0. The number of benzene rings is 6. The Balaban J connectivity index is 1.46. The van der Waals surface area contributed by atoms with Crippen LogP contribution in [-0.2, 0) is 0 Å². The van der Waals surface area contributed by atoms with Crippen LogP contribution in [-0.4, -0.2) is 0 Å². The van der Waals surface area contributed by atoms with Crippen molar-refractivity contribution in [3.63, 3.8) is 0 Å². The number of rotatable bonds is 2. The van der Waals surface area contributed by atoms with E-state index in [0.29, 0.717) is 0 Å². The average Bonchev–Trinajstić information content (AvgIpc) is 3.26. The Morgan fingerprint density at radius 1 is 0.471 bits per heavy atom. The molecule has 2 heteroatoms. The van der Waals surface area contributed by atoms with Crippen LogP contribution in [0.2, 0.25) is 5.02 Å². The predicted molar refractivity (Wildman–Crippen MR) is 145 cm³/mol. The Bertz CT molecular complexity index is 1880. The van der Waals surface area contributed by atoms with Gasteiger partial charge in [-0.3, -0.25) is 0 Å². The Kier molecular flexibility index (Phi) is 4.27. The molecule has 0 amide bonds. The highest BCUT2D eigenvalue weighted by Gasteiger charge is 2.15. The summed E-state index contributed by atoms with van der Waals surface area (Å²) in [6.07, 6.45) is 0. The fourth-order valence-corrected chi connectivity index (χ4v) is 5.39. The molecule has 1 nitrogen and oxygen atoms in total. The molecule has 0 unspecified atom stereocenters. The molecule has 1 heterocycles. The molecular formula is C32H19ClO. The van der Waals surface area contributed by atoms with Gasteiger partial charge in [0.05, 0.1) is 0 Å². The third-order valence-electron chi connectivity index (χ3n) is 6.74. The van der Waals surface area contributed by atoms with Crippen LogP contribution in [0, 0.1) is 0 Å². The summed E-state index contributed by atoms with van der Waals surface area (Å²) < 4.78 is 6.16. The van der Waals surface area contributed by atoms with E-state index in [9.17, 15) is 0 Å². The van der Waals surface area contributed by atoms with Crippen LogP contribution in [0.3, 0.4) is 0 Å². The minimum atomic E-state index is 0.728. The van der Waals surface area contributed by atoms with Gasteiger partial charge in [0, 0.05) is 21.4 Å². The summed E-state index contributed by atoms with van der Waals surface area (Å²) in [5.74, 6) is 0. The summed E-state index contributed by atoms with van der Waals surface area (Å²) in [6.45, 7) is 0. The lowest BCUT2D eigenvalue weighted by molar-refractivity contribution is 0.669. The minimum absolute atomic E-state index is 0.728. The van der Waals surface area contributed by atoms with E-state index in [1.165, 1.54) is 21.5 Å². The van der Waals surface area contributed by atoms with Crippen molar-refractivity contribution >= 4 is 55.1 Å². The maximum atomic E-state index is 6.83. The van der Waals surface area contributed by atoms with Crippen molar-refractivity contribution in [1.29, 1.82) is 0 Å². The van der Waals surface area contributed by atoms with Gasteiger partial charge in [-0.25, -0.2) is 0 Å². The molecule has 7 rings (SSSR count). The van der Waals surface area contributed by atoms with E-state index in [4.69, 9.17) is 16.0 Å². The number of halogens is 1. The summed E-state index contributed by atoms with van der Waals surface area (Å²) in [5, 5.41) is 7.95. The lowest BCUT2D eigenvalue weighted by Crippen LogP contribution is -1.88. The van der Waals surface area contributed by atoms with Gasteiger partial charge in [0.2, 0.25) is 0 Å². The Labute approximate surface area is 201 Å². The smallest absolute Gasteiger partial charge is 0.136 e. The fourth-order valence-electron chi connectivity index (χ4n) is 5.11.